The Morgan fingerprint density at radius 2 is 1.50 bits per heavy atom. The highest BCUT2D eigenvalue weighted by Gasteiger charge is 1.95. The number of carbonyl (C=O) groups is 1. The van der Waals surface area contributed by atoms with Gasteiger partial charge in [-0.3, -0.25) is 10.1 Å². The zero-order chi connectivity index (χ0) is 16.3. The molecule has 0 saturated heterocycles. The molecule has 0 rings (SSSR count). The van der Waals surface area contributed by atoms with Crippen molar-refractivity contribution < 1.29 is 9.72 Å². The van der Waals surface area contributed by atoms with Gasteiger partial charge >= 0.3 is 0 Å². The number of nitro groups is 1. The van der Waals surface area contributed by atoms with Gasteiger partial charge < -0.3 is 4.79 Å². The van der Waals surface area contributed by atoms with Crippen molar-refractivity contribution in [2.75, 3.05) is 6.54 Å². The van der Waals surface area contributed by atoms with Crippen LogP contribution in [0.3, 0.4) is 0 Å². The molecule has 0 atom stereocenters. The molecule has 124 valence electrons. The minimum atomic E-state index is -0.262. The van der Waals surface area contributed by atoms with Gasteiger partial charge in [-0.1, -0.05) is 37.3 Å². The van der Waals surface area contributed by atoms with Gasteiger partial charge in [0.25, 0.3) is 0 Å². The summed E-state index contributed by atoms with van der Waals surface area (Å²) in [6.07, 6.45) is 17.1. The molecule has 0 saturated carbocycles. The van der Waals surface area contributed by atoms with Crippen LogP contribution in [0.5, 0.6) is 0 Å². The molecular formula is C18H29NO3. The van der Waals surface area contributed by atoms with Crippen LogP contribution in [-0.2, 0) is 4.79 Å². The predicted molar refractivity (Wildman–Crippen MR) is 90.2 cm³/mol. The maximum Gasteiger partial charge on any atom is 0.203 e. The Labute approximate surface area is 134 Å². The third-order valence-corrected chi connectivity index (χ3v) is 3.35. The Morgan fingerprint density at radius 3 is 2.23 bits per heavy atom. The third kappa shape index (κ3) is 18.4. The normalized spacial score (nSPS) is 10.4. The monoisotopic (exact) mass is 307 g/mol. The lowest BCUT2D eigenvalue weighted by molar-refractivity contribution is -0.480. The van der Waals surface area contributed by atoms with Crippen LogP contribution in [-0.4, -0.2) is 17.8 Å². The molecule has 0 aliphatic heterocycles. The van der Waals surface area contributed by atoms with Gasteiger partial charge in [-0.2, -0.15) is 0 Å². The SMILES string of the molecule is O=CCCCCCCCC=CCC#CCCCCC[N+](=O)[O-]. The van der Waals surface area contributed by atoms with E-state index in [-0.39, 0.29) is 11.5 Å². The van der Waals surface area contributed by atoms with E-state index in [1.807, 2.05) is 0 Å². The fraction of sp³-hybridized carbons (Fsp3) is 0.722. The number of hydrogen-bond acceptors (Lipinski definition) is 3. The standard InChI is InChI=1S/C18H29NO3/c20-18-16-14-12-10-8-6-4-2-1-3-5-7-9-11-13-15-17-19(21)22/h1-2,18H,3-4,6,8-17H2. The summed E-state index contributed by atoms with van der Waals surface area (Å²) in [7, 11) is 0. The highest BCUT2D eigenvalue weighted by atomic mass is 16.6. The second-order valence-electron chi connectivity index (χ2n) is 5.41. The van der Waals surface area contributed by atoms with Gasteiger partial charge in [0.05, 0.1) is 0 Å². The average molecular weight is 307 g/mol. The van der Waals surface area contributed by atoms with E-state index < -0.39 is 0 Å². The quantitative estimate of drug-likeness (QED) is 0.117. The van der Waals surface area contributed by atoms with Crippen molar-refractivity contribution in [3.8, 4) is 11.8 Å². The average Bonchev–Trinajstić information content (AvgIpc) is 2.50. The molecule has 4 heteroatoms. The zero-order valence-corrected chi connectivity index (χ0v) is 13.6. The zero-order valence-electron chi connectivity index (χ0n) is 13.6. The lowest BCUT2D eigenvalue weighted by Gasteiger charge is -1.96. The number of carbonyl (C=O) groups excluding carboxylic acids is 1. The summed E-state index contributed by atoms with van der Waals surface area (Å²) >= 11 is 0. The molecule has 4 nitrogen and oxygen atoms in total. The van der Waals surface area contributed by atoms with Crippen LogP contribution < -0.4 is 0 Å². The van der Waals surface area contributed by atoms with Crippen molar-refractivity contribution in [2.45, 2.75) is 77.0 Å². The van der Waals surface area contributed by atoms with Crippen LogP contribution >= 0.6 is 0 Å². The highest BCUT2D eigenvalue weighted by molar-refractivity contribution is 5.48. The van der Waals surface area contributed by atoms with Gasteiger partial charge in [-0.15, -0.1) is 5.92 Å². The van der Waals surface area contributed by atoms with Gasteiger partial charge in [-0.05, 0) is 32.1 Å². The lowest BCUT2D eigenvalue weighted by Crippen LogP contribution is -1.99. The minimum absolute atomic E-state index is 0.0766. The maximum atomic E-state index is 10.1. The first-order chi connectivity index (χ1) is 10.8. The first-order valence-electron chi connectivity index (χ1n) is 8.43. The molecule has 0 aromatic heterocycles. The van der Waals surface area contributed by atoms with Gasteiger partial charge in [0.2, 0.25) is 6.54 Å². The molecule has 0 bridgehead atoms. The second-order valence-corrected chi connectivity index (χ2v) is 5.41. The van der Waals surface area contributed by atoms with Gasteiger partial charge in [0.15, 0.2) is 0 Å². The molecule has 0 aliphatic carbocycles. The molecule has 0 aliphatic rings. The van der Waals surface area contributed by atoms with Gasteiger partial charge in [0, 0.05) is 30.6 Å². The van der Waals surface area contributed by atoms with E-state index in [0.717, 1.165) is 51.2 Å². The maximum absolute atomic E-state index is 10.1. The Bertz CT molecular complexity index is 366. The molecule has 0 N–H and O–H groups in total. The van der Waals surface area contributed by atoms with E-state index >= 15 is 0 Å². The summed E-state index contributed by atoms with van der Waals surface area (Å²) in [6.45, 7) is 0.0766. The van der Waals surface area contributed by atoms with Crippen LogP contribution in [0, 0.1) is 22.0 Å². The Morgan fingerprint density at radius 1 is 0.818 bits per heavy atom. The van der Waals surface area contributed by atoms with E-state index in [1.54, 1.807) is 0 Å². The number of hydrogen-bond donors (Lipinski definition) is 0. The van der Waals surface area contributed by atoms with Crippen LogP contribution in [0.25, 0.3) is 0 Å². The van der Waals surface area contributed by atoms with Crippen molar-refractivity contribution >= 4 is 6.29 Å². The van der Waals surface area contributed by atoms with Crippen LogP contribution in [0.15, 0.2) is 12.2 Å². The molecule has 22 heavy (non-hydrogen) atoms. The fourth-order valence-corrected chi connectivity index (χ4v) is 2.07. The van der Waals surface area contributed by atoms with Crippen molar-refractivity contribution in [3.63, 3.8) is 0 Å². The summed E-state index contributed by atoms with van der Waals surface area (Å²) < 4.78 is 0. The molecule has 0 heterocycles. The molecule has 0 fully saturated rings. The molecule has 0 amide bonds. The molecule has 0 aromatic carbocycles. The summed E-state index contributed by atoms with van der Waals surface area (Å²) in [5.41, 5.74) is 0. The van der Waals surface area contributed by atoms with E-state index in [2.05, 4.69) is 24.0 Å². The van der Waals surface area contributed by atoms with Crippen molar-refractivity contribution in [1.82, 2.24) is 0 Å². The van der Waals surface area contributed by atoms with Crippen LogP contribution in [0.1, 0.15) is 77.0 Å². The van der Waals surface area contributed by atoms with Crippen LogP contribution in [0.4, 0.5) is 0 Å². The molecular weight excluding hydrogens is 278 g/mol. The van der Waals surface area contributed by atoms with E-state index in [0.29, 0.717) is 12.8 Å². The minimum Gasteiger partial charge on any atom is -0.303 e. The highest BCUT2D eigenvalue weighted by Crippen LogP contribution is 2.07. The summed E-state index contributed by atoms with van der Waals surface area (Å²) in [5.74, 6) is 6.21. The van der Waals surface area contributed by atoms with Crippen molar-refractivity contribution in [3.05, 3.63) is 22.3 Å². The van der Waals surface area contributed by atoms with Crippen molar-refractivity contribution in [2.24, 2.45) is 0 Å². The Balaban J connectivity index is 3.25. The number of nitrogens with zero attached hydrogens (tertiary/aromatic N) is 1. The molecule has 0 unspecified atom stereocenters. The smallest absolute Gasteiger partial charge is 0.203 e. The Hall–Kier alpha value is -1.63. The van der Waals surface area contributed by atoms with Gasteiger partial charge in [-0.25, -0.2) is 0 Å². The lowest BCUT2D eigenvalue weighted by atomic mass is 10.1. The van der Waals surface area contributed by atoms with E-state index in [9.17, 15) is 14.9 Å². The molecule has 0 aromatic rings. The van der Waals surface area contributed by atoms with Crippen molar-refractivity contribution in [1.29, 1.82) is 0 Å². The topological polar surface area (TPSA) is 60.2 Å². The summed E-state index contributed by atoms with van der Waals surface area (Å²) in [4.78, 5) is 20.0. The van der Waals surface area contributed by atoms with E-state index in [4.69, 9.17) is 0 Å². The fourth-order valence-electron chi connectivity index (χ4n) is 2.07. The van der Waals surface area contributed by atoms with E-state index in [1.165, 1.54) is 19.3 Å². The summed E-state index contributed by atoms with van der Waals surface area (Å²) in [6, 6.07) is 0. The second kappa shape index (κ2) is 17.4. The number of allylic oxidation sites excluding steroid dienone is 2. The third-order valence-electron chi connectivity index (χ3n) is 3.35. The predicted octanol–water partition coefficient (Wildman–Crippen LogP) is 4.70. The first-order valence-corrected chi connectivity index (χ1v) is 8.43. The summed E-state index contributed by atoms with van der Waals surface area (Å²) in [5, 5.41) is 10.1. The molecule has 0 spiro atoms. The first kappa shape index (κ1) is 20.4. The largest absolute Gasteiger partial charge is 0.303 e. The Kier molecular flexibility index (Phi) is 16.1. The van der Waals surface area contributed by atoms with Gasteiger partial charge in [0.1, 0.15) is 6.29 Å². The number of rotatable bonds is 14. The number of aldehydes is 1. The molecule has 0 radical (unpaired) electrons. The number of unbranched alkanes of at least 4 members (excludes halogenated alkanes) is 9. The van der Waals surface area contributed by atoms with Crippen LogP contribution in [0.2, 0.25) is 0 Å².